The Morgan fingerprint density at radius 3 is 2.70 bits per heavy atom. The molecule has 7 heteroatoms. The van der Waals surface area contributed by atoms with Crippen molar-refractivity contribution in [1.82, 2.24) is 10.0 Å². The fourth-order valence-electron chi connectivity index (χ4n) is 3.00. The monoisotopic (exact) mass is 362 g/mol. The van der Waals surface area contributed by atoms with Crippen LogP contribution in [0.1, 0.15) is 18.4 Å². The van der Waals surface area contributed by atoms with Gasteiger partial charge in [0.05, 0.1) is 10.2 Å². The van der Waals surface area contributed by atoms with Gasteiger partial charge in [0, 0.05) is 19.1 Å². The summed E-state index contributed by atoms with van der Waals surface area (Å²) in [6.07, 6.45) is 1.78. The molecular weight excluding hydrogens is 347 g/mol. The van der Waals surface area contributed by atoms with Crippen molar-refractivity contribution < 1.29 is 12.8 Å². The predicted molar refractivity (Wildman–Crippen MR) is 78.2 cm³/mol. The van der Waals surface area contributed by atoms with E-state index in [1.54, 1.807) is 6.07 Å². The summed E-state index contributed by atoms with van der Waals surface area (Å²) in [6, 6.07) is 4.45. The van der Waals surface area contributed by atoms with Gasteiger partial charge in [-0.3, -0.25) is 0 Å². The highest BCUT2D eigenvalue weighted by molar-refractivity contribution is 9.10. The first kappa shape index (κ1) is 14.4. The molecule has 0 radical (unpaired) electrons. The van der Waals surface area contributed by atoms with Crippen molar-refractivity contribution in [2.75, 3.05) is 13.1 Å². The van der Waals surface area contributed by atoms with Crippen LogP contribution in [0, 0.1) is 11.2 Å². The van der Waals surface area contributed by atoms with Crippen LogP contribution in [0.15, 0.2) is 22.7 Å². The lowest BCUT2D eigenvalue weighted by Gasteiger charge is -2.54. The summed E-state index contributed by atoms with van der Waals surface area (Å²) in [5, 5.41) is 3.22. The predicted octanol–water partition coefficient (Wildman–Crippen LogP) is 1.76. The number of benzene rings is 1. The van der Waals surface area contributed by atoms with Crippen LogP contribution in [0.4, 0.5) is 4.39 Å². The van der Waals surface area contributed by atoms with Crippen LogP contribution in [-0.2, 0) is 15.8 Å². The van der Waals surface area contributed by atoms with Crippen LogP contribution >= 0.6 is 15.9 Å². The third kappa shape index (κ3) is 2.77. The molecule has 3 rings (SSSR count). The zero-order chi connectivity index (χ0) is 14.4. The van der Waals surface area contributed by atoms with Crippen LogP contribution < -0.4 is 10.0 Å². The summed E-state index contributed by atoms with van der Waals surface area (Å²) in [5.74, 6) is -0.645. The molecule has 110 valence electrons. The smallest absolute Gasteiger partial charge is 0.216 e. The van der Waals surface area contributed by atoms with Crippen molar-refractivity contribution in [2.45, 2.75) is 24.6 Å². The Kier molecular flexibility index (Phi) is 3.64. The van der Waals surface area contributed by atoms with E-state index >= 15 is 0 Å². The SMILES string of the molecule is O=S(=O)(Cc1cccc(F)c1Br)NC1CC2(CNC2)C1. The van der Waals surface area contributed by atoms with E-state index in [9.17, 15) is 12.8 Å². The average Bonchev–Trinajstić information content (AvgIpc) is 2.26. The standard InChI is InChI=1S/C13H16BrFN2O2S/c14-12-9(2-1-3-11(12)15)6-20(18,19)17-10-4-13(5-10)7-16-8-13/h1-3,10,16-17H,4-8H2. The van der Waals surface area contributed by atoms with Crippen molar-refractivity contribution in [1.29, 1.82) is 0 Å². The normalized spacial score (nSPS) is 21.5. The quantitative estimate of drug-likeness (QED) is 0.857. The maximum Gasteiger partial charge on any atom is 0.216 e. The molecular formula is C13H16BrFN2O2S. The highest BCUT2D eigenvalue weighted by Gasteiger charge is 2.49. The minimum Gasteiger partial charge on any atom is -0.316 e. The molecule has 20 heavy (non-hydrogen) atoms. The number of sulfonamides is 1. The highest BCUT2D eigenvalue weighted by atomic mass is 79.9. The van der Waals surface area contributed by atoms with E-state index < -0.39 is 15.8 Å². The fourth-order valence-corrected chi connectivity index (χ4v) is 4.99. The van der Waals surface area contributed by atoms with Crippen LogP contribution in [0.3, 0.4) is 0 Å². The topological polar surface area (TPSA) is 58.2 Å². The van der Waals surface area contributed by atoms with Crippen LogP contribution in [0.5, 0.6) is 0 Å². The zero-order valence-corrected chi connectivity index (χ0v) is 13.2. The summed E-state index contributed by atoms with van der Waals surface area (Å²) in [4.78, 5) is 0. The zero-order valence-electron chi connectivity index (χ0n) is 10.8. The molecule has 0 bridgehead atoms. The second-order valence-electron chi connectivity index (χ2n) is 5.80. The van der Waals surface area contributed by atoms with Gasteiger partial charge in [0.15, 0.2) is 0 Å². The number of rotatable bonds is 4. The van der Waals surface area contributed by atoms with Crippen molar-refractivity contribution in [3.05, 3.63) is 34.1 Å². The molecule has 0 aromatic heterocycles. The molecule has 1 aliphatic heterocycles. The molecule has 2 fully saturated rings. The molecule has 0 unspecified atom stereocenters. The Balaban J connectivity index is 1.63. The van der Waals surface area contributed by atoms with Gasteiger partial charge < -0.3 is 5.32 Å². The van der Waals surface area contributed by atoms with Gasteiger partial charge >= 0.3 is 0 Å². The van der Waals surface area contributed by atoms with E-state index in [4.69, 9.17) is 0 Å². The molecule has 2 N–H and O–H groups in total. The summed E-state index contributed by atoms with van der Waals surface area (Å²) >= 11 is 3.09. The Hall–Kier alpha value is -0.500. The summed E-state index contributed by atoms with van der Waals surface area (Å²) in [7, 11) is -3.44. The first-order valence-electron chi connectivity index (χ1n) is 6.53. The van der Waals surface area contributed by atoms with E-state index in [1.807, 2.05) is 0 Å². The molecule has 1 aromatic rings. The van der Waals surface area contributed by atoms with Crippen LogP contribution in [0.2, 0.25) is 0 Å². The number of halogens is 2. The molecule has 0 amide bonds. The molecule has 1 saturated carbocycles. The molecule has 1 saturated heterocycles. The van der Waals surface area contributed by atoms with Crippen LogP contribution in [0.25, 0.3) is 0 Å². The number of nitrogens with one attached hydrogen (secondary N) is 2. The molecule has 1 heterocycles. The van der Waals surface area contributed by atoms with Crippen LogP contribution in [-0.4, -0.2) is 27.5 Å². The van der Waals surface area contributed by atoms with Gasteiger partial charge in [-0.25, -0.2) is 17.5 Å². The van der Waals surface area contributed by atoms with Gasteiger partial charge in [-0.1, -0.05) is 12.1 Å². The molecule has 1 aliphatic carbocycles. The Morgan fingerprint density at radius 2 is 2.10 bits per heavy atom. The third-order valence-corrected chi connectivity index (χ3v) is 6.35. The van der Waals surface area contributed by atoms with Crippen molar-refractivity contribution in [2.24, 2.45) is 5.41 Å². The van der Waals surface area contributed by atoms with Crippen molar-refractivity contribution >= 4 is 26.0 Å². The minimum absolute atomic E-state index is 0.0226. The highest BCUT2D eigenvalue weighted by Crippen LogP contribution is 2.44. The summed E-state index contributed by atoms with van der Waals surface area (Å²) in [6.45, 7) is 1.97. The lowest BCUT2D eigenvalue weighted by atomic mass is 9.62. The van der Waals surface area contributed by atoms with Crippen molar-refractivity contribution in [3.8, 4) is 0 Å². The molecule has 4 nitrogen and oxygen atoms in total. The summed E-state index contributed by atoms with van der Waals surface area (Å²) < 4.78 is 40.5. The number of hydrogen-bond acceptors (Lipinski definition) is 3. The van der Waals surface area contributed by atoms with E-state index in [1.165, 1.54) is 12.1 Å². The van der Waals surface area contributed by atoms with Crippen molar-refractivity contribution in [3.63, 3.8) is 0 Å². The Morgan fingerprint density at radius 1 is 1.40 bits per heavy atom. The summed E-state index contributed by atoms with van der Waals surface area (Å²) in [5.41, 5.74) is 0.768. The van der Waals surface area contributed by atoms with Gasteiger partial charge in [0.1, 0.15) is 5.82 Å². The van der Waals surface area contributed by atoms with E-state index in [2.05, 4.69) is 26.0 Å². The molecule has 2 aliphatic rings. The largest absolute Gasteiger partial charge is 0.316 e. The maximum atomic E-state index is 13.4. The Labute approximate surface area is 126 Å². The maximum absolute atomic E-state index is 13.4. The molecule has 1 spiro atoms. The second-order valence-corrected chi connectivity index (χ2v) is 8.35. The lowest BCUT2D eigenvalue weighted by molar-refractivity contribution is 0.0328. The second kappa shape index (κ2) is 5.05. The van der Waals surface area contributed by atoms with E-state index in [-0.39, 0.29) is 16.3 Å². The molecule has 1 aromatic carbocycles. The van der Waals surface area contributed by atoms with E-state index in [0.717, 1.165) is 25.9 Å². The molecule has 0 atom stereocenters. The third-order valence-electron chi connectivity index (χ3n) is 4.08. The first-order chi connectivity index (χ1) is 9.39. The van der Waals surface area contributed by atoms with E-state index in [0.29, 0.717) is 11.0 Å². The minimum atomic E-state index is -3.44. The van der Waals surface area contributed by atoms with Gasteiger partial charge in [-0.05, 0) is 45.8 Å². The van der Waals surface area contributed by atoms with Gasteiger partial charge in [0.2, 0.25) is 10.0 Å². The first-order valence-corrected chi connectivity index (χ1v) is 8.97. The number of hydrogen-bond donors (Lipinski definition) is 2. The Bertz CT molecular complexity index is 623. The fraction of sp³-hybridized carbons (Fsp3) is 0.538. The van der Waals surface area contributed by atoms with Gasteiger partial charge in [0.25, 0.3) is 0 Å². The average molecular weight is 363 g/mol. The van der Waals surface area contributed by atoms with Gasteiger partial charge in [-0.2, -0.15) is 0 Å². The van der Waals surface area contributed by atoms with Gasteiger partial charge in [-0.15, -0.1) is 0 Å². The lowest BCUT2D eigenvalue weighted by Crippen LogP contribution is -2.65.